The summed E-state index contributed by atoms with van der Waals surface area (Å²) >= 11 is 0. The number of nitrogens with two attached hydrogens (primary N) is 1. The highest BCUT2D eigenvalue weighted by molar-refractivity contribution is 5.92. The zero-order valence-corrected chi connectivity index (χ0v) is 15.0. The minimum absolute atomic E-state index is 0. The van der Waals surface area contributed by atoms with E-state index in [0.717, 1.165) is 18.7 Å². The molecule has 2 rings (SSSR count). The summed E-state index contributed by atoms with van der Waals surface area (Å²) in [6.07, 6.45) is 3.69. The fourth-order valence-electron chi connectivity index (χ4n) is 3.12. The van der Waals surface area contributed by atoms with Gasteiger partial charge in [0.1, 0.15) is 0 Å². The van der Waals surface area contributed by atoms with Crippen molar-refractivity contribution in [3.63, 3.8) is 0 Å². The van der Waals surface area contributed by atoms with Crippen LogP contribution >= 0.6 is 12.4 Å². The SMILES string of the molecule is CC(CC(=O)NCCc1cccc(C(N)=O)c1)C1CCCNC1.Cl. The fraction of sp³-hybridized carbons (Fsp3) is 0.556. The van der Waals surface area contributed by atoms with Gasteiger partial charge in [0, 0.05) is 18.5 Å². The van der Waals surface area contributed by atoms with Gasteiger partial charge in [-0.1, -0.05) is 19.1 Å². The molecule has 1 aromatic carbocycles. The first-order valence-electron chi connectivity index (χ1n) is 8.42. The monoisotopic (exact) mass is 353 g/mol. The number of benzene rings is 1. The highest BCUT2D eigenvalue weighted by Gasteiger charge is 2.21. The molecule has 4 N–H and O–H groups in total. The Labute approximate surface area is 150 Å². The summed E-state index contributed by atoms with van der Waals surface area (Å²) in [6.45, 7) is 4.86. The van der Waals surface area contributed by atoms with E-state index in [-0.39, 0.29) is 18.3 Å². The zero-order chi connectivity index (χ0) is 16.7. The second-order valence-corrected chi connectivity index (χ2v) is 6.45. The summed E-state index contributed by atoms with van der Waals surface area (Å²) in [7, 11) is 0. The molecule has 1 heterocycles. The van der Waals surface area contributed by atoms with Crippen LogP contribution in [0.25, 0.3) is 0 Å². The highest BCUT2D eigenvalue weighted by Crippen LogP contribution is 2.22. The van der Waals surface area contributed by atoms with Crippen LogP contribution in [-0.4, -0.2) is 31.4 Å². The van der Waals surface area contributed by atoms with Gasteiger partial charge < -0.3 is 16.4 Å². The van der Waals surface area contributed by atoms with Crippen LogP contribution in [0.2, 0.25) is 0 Å². The van der Waals surface area contributed by atoms with Crippen LogP contribution in [0.15, 0.2) is 24.3 Å². The molecule has 5 nitrogen and oxygen atoms in total. The molecule has 2 atom stereocenters. The van der Waals surface area contributed by atoms with E-state index in [9.17, 15) is 9.59 Å². The van der Waals surface area contributed by atoms with Gasteiger partial charge in [-0.05, 0) is 61.9 Å². The summed E-state index contributed by atoms with van der Waals surface area (Å²) in [5.41, 5.74) is 6.78. The van der Waals surface area contributed by atoms with Crippen molar-refractivity contribution in [3.05, 3.63) is 35.4 Å². The minimum atomic E-state index is -0.425. The van der Waals surface area contributed by atoms with E-state index < -0.39 is 5.91 Å². The van der Waals surface area contributed by atoms with Crippen molar-refractivity contribution in [1.82, 2.24) is 10.6 Å². The van der Waals surface area contributed by atoms with Gasteiger partial charge in [0.05, 0.1) is 0 Å². The third kappa shape index (κ3) is 6.49. The first-order chi connectivity index (χ1) is 11.1. The molecule has 0 saturated carbocycles. The van der Waals surface area contributed by atoms with E-state index in [1.807, 2.05) is 12.1 Å². The normalized spacial score (nSPS) is 18.3. The predicted molar refractivity (Wildman–Crippen MR) is 98.3 cm³/mol. The number of piperidine rings is 1. The second kappa shape index (κ2) is 10.3. The Hall–Kier alpha value is -1.59. The molecule has 1 aromatic rings. The second-order valence-electron chi connectivity index (χ2n) is 6.45. The molecule has 6 heteroatoms. The Morgan fingerprint density at radius 1 is 1.42 bits per heavy atom. The Morgan fingerprint density at radius 3 is 2.88 bits per heavy atom. The van der Waals surface area contributed by atoms with E-state index in [1.54, 1.807) is 12.1 Å². The van der Waals surface area contributed by atoms with Crippen LogP contribution in [-0.2, 0) is 11.2 Å². The molecule has 0 spiro atoms. The fourth-order valence-corrected chi connectivity index (χ4v) is 3.12. The van der Waals surface area contributed by atoms with Gasteiger partial charge in [-0.25, -0.2) is 0 Å². The van der Waals surface area contributed by atoms with Crippen LogP contribution in [0, 0.1) is 11.8 Å². The maximum atomic E-state index is 12.1. The average molecular weight is 354 g/mol. The van der Waals surface area contributed by atoms with Gasteiger partial charge in [0.15, 0.2) is 0 Å². The molecule has 0 aliphatic carbocycles. The largest absolute Gasteiger partial charge is 0.366 e. The van der Waals surface area contributed by atoms with Crippen molar-refractivity contribution in [2.45, 2.75) is 32.6 Å². The van der Waals surface area contributed by atoms with Crippen LogP contribution in [0.4, 0.5) is 0 Å². The number of primary amides is 1. The first-order valence-corrected chi connectivity index (χ1v) is 8.42. The van der Waals surface area contributed by atoms with Crippen molar-refractivity contribution >= 4 is 24.2 Å². The number of hydrogen-bond donors (Lipinski definition) is 3. The van der Waals surface area contributed by atoms with Gasteiger partial charge in [0.2, 0.25) is 11.8 Å². The van der Waals surface area contributed by atoms with E-state index in [2.05, 4.69) is 17.6 Å². The third-order valence-electron chi connectivity index (χ3n) is 4.59. The van der Waals surface area contributed by atoms with E-state index in [1.165, 1.54) is 12.8 Å². The van der Waals surface area contributed by atoms with E-state index in [0.29, 0.717) is 36.8 Å². The van der Waals surface area contributed by atoms with Crippen molar-refractivity contribution in [2.24, 2.45) is 17.6 Å². The highest BCUT2D eigenvalue weighted by atomic mass is 35.5. The molecule has 2 amide bonds. The van der Waals surface area contributed by atoms with Crippen molar-refractivity contribution in [3.8, 4) is 0 Å². The molecule has 134 valence electrons. The summed E-state index contributed by atoms with van der Waals surface area (Å²) < 4.78 is 0. The number of carbonyl (C=O) groups excluding carboxylic acids is 2. The molecular weight excluding hydrogens is 326 g/mol. The Bertz CT molecular complexity index is 545. The van der Waals surface area contributed by atoms with Gasteiger partial charge in [0.25, 0.3) is 0 Å². The summed E-state index contributed by atoms with van der Waals surface area (Å²) in [4.78, 5) is 23.2. The van der Waals surface area contributed by atoms with Crippen molar-refractivity contribution in [2.75, 3.05) is 19.6 Å². The van der Waals surface area contributed by atoms with Crippen LogP contribution < -0.4 is 16.4 Å². The Kier molecular flexibility index (Phi) is 8.79. The average Bonchev–Trinajstić information content (AvgIpc) is 2.56. The van der Waals surface area contributed by atoms with Gasteiger partial charge >= 0.3 is 0 Å². The summed E-state index contributed by atoms with van der Waals surface area (Å²) in [5, 5.41) is 6.37. The lowest BCUT2D eigenvalue weighted by atomic mass is 9.85. The molecule has 2 unspecified atom stereocenters. The molecule has 0 bridgehead atoms. The van der Waals surface area contributed by atoms with Crippen molar-refractivity contribution in [1.29, 1.82) is 0 Å². The number of nitrogens with one attached hydrogen (secondary N) is 2. The number of carbonyl (C=O) groups is 2. The molecular formula is C18H28ClN3O2. The molecule has 0 radical (unpaired) electrons. The molecule has 0 aromatic heterocycles. The number of halogens is 1. The maximum absolute atomic E-state index is 12.1. The smallest absolute Gasteiger partial charge is 0.248 e. The minimum Gasteiger partial charge on any atom is -0.366 e. The van der Waals surface area contributed by atoms with Crippen LogP contribution in [0.1, 0.15) is 42.1 Å². The predicted octanol–water partition coefficient (Wildman–Crippen LogP) is 1.89. The van der Waals surface area contributed by atoms with Crippen LogP contribution in [0.5, 0.6) is 0 Å². The lowest BCUT2D eigenvalue weighted by molar-refractivity contribution is -0.122. The molecule has 1 aliphatic heterocycles. The molecule has 1 fully saturated rings. The number of rotatable bonds is 7. The number of hydrogen-bond acceptors (Lipinski definition) is 3. The third-order valence-corrected chi connectivity index (χ3v) is 4.59. The standard InChI is InChI=1S/C18H27N3O2.ClH/c1-13(16-6-3-8-20-12-16)10-17(22)21-9-7-14-4-2-5-15(11-14)18(19)23;/h2,4-5,11,13,16,20H,3,6-10,12H2,1H3,(H2,19,23)(H,21,22);1H. The zero-order valence-electron chi connectivity index (χ0n) is 14.2. The topological polar surface area (TPSA) is 84.2 Å². The van der Waals surface area contributed by atoms with Gasteiger partial charge in [-0.2, -0.15) is 0 Å². The molecule has 24 heavy (non-hydrogen) atoms. The van der Waals surface area contributed by atoms with E-state index >= 15 is 0 Å². The van der Waals surface area contributed by atoms with Gasteiger partial charge in [-0.15, -0.1) is 12.4 Å². The van der Waals surface area contributed by atoms with Crippen LogP contribution in [0.3, 0.4) is 0 Å². The lowest BCUT2D eigenvalue weighted by Crippen LogP contribution is -2.36. The summed E-state index contributed by atoms with van der Waals surface area (Å²) in [6, 6.07) is 7.24. The van der Waals surface area contributed by atoms with Gasteiger partial charge in [-0.3, -0.25) is 9.59 Å². The molecule has 1 aliphatic rings. The first kappa shape index (κ1) is 20.5. The maximum Gasteiger partial charge on any atom is 0.248 e. The number of amides is 2. The van der Waals surface area contributed by atoms with Crippen molar-refractivity contribution < 1.29 is 9.59 Å². The Morgan fingerprint density at radius 2 is 2.21 bits per heavy atom. The van der Waals surface area contributed by atoms with E-state index in [4.69, 9.17) is 5.73 Å². The quantitative estimate of drug-likeness (QED) is 0.699. The molecule has 1 saturated heterocycles. The lowest BCUT2D eigenvalue weighted by Gasteiger charge is -2.28. The Balaban J connectivity index is 0.00000288. The summed E-state index contributed by atoms with van der Waals surface area (Å²) in [5.74, 6) is 0.683.